The molecule has 0 bridgehead atoms. The molecule has 5 heteroatoms. The van der Waals surface area contributed by atoms with Crippen LogP contribution < -0.4 is 5.32 Å². The number of piperazine rings is 1. The van der Waals surface area contributed by atoms with E-state index in [2.05, 4.69) is 16.8 Å². The quantitative estimate of drug-likeness (QED) is 0.854. The van der Waals surface area contributed by atoms with Crippen molar-refractivity contribution in [3.05, 3.63) is 48.0 Å². The van der Waals surface area contributed by atoms with Gasteiger partial charge in [-0.3, -0.25) is 4.90 Å². The Balaban J connectivity index is 2.36. The molecular weight excluding hydrogens is 265 g/mol. The van der Waals surface area contributed by atoms with Crippen molar-refractivity contribution >= 4 is 0 Å². The minimum absolute atomic E-state index is 0.257. The van der Waals surface area contributed by atoms with Crippen molar-refractivity contribution in [2.24, 2.45) is 0 Å². The van der Waals surface area contributed by atoms with E-state index in [0.29, 0.717) is 12.0 Å². The van der Waals surface area contributed by atoms with E-state index in [4.69, 9.17) is 0 Å². The maximum atomic E-state index is 13.2. The molecule has 110 valence electrons. The third-order valence-electron chi connectivity index (χ3n) is 3.61. The molecule has 1 aliphatic rings. The Morgan fingerprint density at radius 1 is 1.25 bits per heavy atom. The van der Waals surface area contributed by atoms with Gasteiger partial charge in [-0.2, -0.15) is 13.2 Å². The standard InChI is InChI=1S/C15H19F3N2/c1-2-5-14(20-10-8-19-9-11-20)12-6-3-4-7-13(12)15(16,17)18/h2-4,6-7,14,19H,1,5,8-11H2/t14-/m1/s1. The number of halogens is 3. The lowest BCUT2D eigenvalue weighted by Crippen LogP contribution is -2.45. The van der Waals surface area contributed by atoms with E-state index in [0.717, 1.165) is 32.2 Å². The molecule has 0 radical (unpaired) electrons. The van der Waals surface area contributed by atoms with Crippen LogP contribution in [0.5, 0.6) is 0 Å². The number of hydrogen-bond donors (Lipinski definition) is 1. The summed E-state index contributed by atoms with van der Waals surface area (Å²) in [6.45, 7) is 6.81. The Labute approximate surface area is 117 Å². The highest BCUT2D eigenvalue weighted by Crippen LogP contribution is 2.37. The fraction of sp³-hybridized carbons (Fsp3) is 0.467. The van der Waals surface area contributed by atoms with Crippen LogP contribution in [0, 0.1) is 0 Å². The molecule has 0 saturated carbocycles. The number of rotatable bonds is 4. The van der Waals surface area contributed by atoms with Gasteiger partial charge in [0.25, 0.3) is 0 Å². The third-order valence-corrected chi connectivity index (χ3v) is 3.61. The molecule has 1 heterocycles. The van der Waals surface area contributed by atoms with E-state index >= 15 is 0 Å². The van der Waals surface area contributed by atoms with E-state index in [-0.39, 0.29) is 6.04 Å². The van der Waals surface area contributed by atoms with Gasteiger partial charge in [0, 0.05) is 32.2 Å². The maximum Gasteiger partial charge on any atom is 0.416 e. The van der Waals surface area contributed by atoms with E-state index in [1.54, 1.807) is 18.2 Å². The van der Waals surface area contributed by atoms with Crippen molar-refractivity contribution in [2.45, 2.75) is 18.6 Å². The van der Waals surface area contributed by atoms with Gasteiger partial charge in [0.05, 0.1) is 5.56 Å². The largest absolute Gasteiger partial charge is 0.416 e. The van der Waals surface area contributed by atoms with Crippen molar-refractivity contribution in [1.82, 2.24) is 10.2 Å². The van der Waals surface area contributed by atoms with Crippen LogP contribution in [-0.2, 0) is 6.18 Å². The molecule has 20 heavy (non-hydrogen) atoms. The predicted octanol–water partition coefficient (Wildman–Crippen LogP) is 3.23. The van der Waals surface area contributed by atoms with Crippen LogP contribution in [0.4, 0.5) is 13.2 Å². The second-order valence-electron chi connectivity index (χ2n) is 4.91. The Morgan fingerprint density at radius 3 is 2.50 bits per heavy atom. The summed E-state index contributed by atoms with van der Waals surface area (Å²) >= 11 is 0. The summed E-state index contributed by atoms with van der Waals surface area (Å²) in [5, 5.41) is 3.22. The number of benzene rings is 1. The Morgan fingerprint density at radius 2 is 1.90 bits per heavy atom. The molecule has 0 spiro atoms. The van der Waals surface area contributed by atoms with Crippen LogP contribution in [0.1, 0.15) is 23.6 Å². The van der Waals surface area contributed by atoms with Crippen molar-refractivity contribution in [1.29, 1.82) is 0 Å². The zero-order valence-electron chi connectivity index (χ0n) is 11.3. The summed E-state index contributed by atoms with van der Waals surface area (Å²) in [7, 11) is 0. The second-order valence-corrected chi connectivity index (χ2v) is 4.91. The van der Waals surface area contributed by atoms with Crippen molar-refractivity contribution in [2.75, 3.05) is 26.2 Å². The Kier molecular flexibility index (Phi) is 4.83. The predicted molar refractivity (Wildman–Crippen MR) is 73.4 cm³/mol. The first kappa shape index (κ1) is 15.1. The summed E-state index contributed by atoms with van der Waals surface area (Å²) in [5.41, 5.74) is -0.188. The lowest BCUT2D eigenvalue weighted by atomic mass is 9.95. The van der Waals surface area contributed by atoms with E-state index < -0.39 is 11.7 Å². The van der Waals surface area contributed by atoms with Crippen LogP contribution in [0.25, 0.3) is 0 Å². The highest BCUT2D eigenvalue weighted by Gasteiger charge is 2.36. The van der Waals surface area contributed by atoms with E-state index in [9.17, 15) is 13.2 Å². The van der Waals surface area contributed by atoms with Crippen LogP contribution in [0.15, 0.2) is 36.9 Å². The van der Waals surface area contributed by atoms with Crippen molar-refractivity contribution in [3.63, 3.8) is 0 Å². The zero-order chi connectivity index (χ0) is 14.6. The van der Waals surface area contributed by atoms with Crippen LogP contribution in [0.3, 0.4) is 0 Å². The van der Waals surface area contributed by atoms with Gasteiger partial charge in [0.1, 0.15) is 0 Å². The molecule has 1 fully saturated rings. The van der Waals surface area contributed by atoms with Crippen molar-refractivity contribution in [3.8, 4) is 0 Å². The maximum absolute atomic E-state index is 13.2. The van der Waals surface area contributed by atoms with Crippen LogP contribution >= 0.6 is 0 Å². The average Bonchev–Trinajstić information content (AvgIpc) is 2.45. The summed E-state index contributed by atoms with van der Waals surface area (Å²) in [5.74, 6) is 0. The first-order valence-electron chi connectivity index (χ1n) is 6.76. The number of hydrogen-bond acceptors (Lipinski definition) is 2. The molecule has 1 atom stereocenters. The van der Waals surface area contributed by atoms with Gasteiger partial charge in [-0.05, 0) is 18.1 Å². The Hall–Kier alpha value is -1.33. The molecule has 2 nitrogen and oxygen atoms in total. The fourth-order valence-corrected chi connectivity index (χ4v) is 2.67. The first-order chi connectivity index (χ1) is 9.54. The molecule has 1 N–H and O–H groups in total. The van der Waals surface area contributed by atoms with Gasteiger partial charge in [-0.25, -0.2) is 0 Å². The monoisotopic (exact) mass is 284 g/mol. The summed E-state index contributed by atoms with van der Waals surface area (Å²) in [4.78, 5) is 2.10. The lowest BCUT2D eigenvalue weighted by Gasteiger charge is -2.35. The molecule has 1 aromatic carbocycles. The highest BCUT2D eigenvalue weighted by molar-refractivity contribution is 5.33. The molecule has 1 saturated heterocycles. The van der Waals surface area contributed by atoms with Crippen LogP contribution in [0.2, 0.25) is 0 Å². The smallest absolute Gasteiger partial charge is 0.314 e. The van der Waals surface area contributed by atoms with Crippen molar-refractivity contribution < 1.29 is 13.2 Å². The first-order valence-corrected chi connectivity index (χ1v) is 6.76. The van der Waals surface area contributed by atoms with Gasteiger partial charge < -0.3 is 5.32 Å². The van der Waals surface area contributed by atoms with E-state index in [1.165, 1.54) is 6.07 Å². The molecule has 1 aliphatic heterocycles. The average molecular weight is 284 g/mol. The molecule has 1 aromatic rings. The topological polar surface area (TPSA) is 15.3 Å². The molecular formula is C15H19F3N2. The summed E-state index contributed by atoms with van der Waals surface area (Å²) in [6.07, 6.45) is -2.10. The zero-order valence-corrected chi connectivity index (χ0v) is 11.3. The molecule has 0 aliphatic carbocycles. The highest BCUT2D eigenvalue weighted by atomic mass is 19.4. The molecule has 0 aromatic heterocycles. The number of nitrogens with one attached hydrogen (secondary N) is 1. The molecule has 0 unspecified atom stereocenters. The number of nitrogens with zero attached hydrogens (tertiary/aromatic N) is 1. The molecule has 0 amide bonds. The fourth-order valence-electron chi connectivity index (χ4n) is 2.67. The van der Waals surface area contributed by atoms with Gasteiger partial charge in [-0.1, -0.05) is 24.3 Å². The minimum atomic E-state index is -4.32. The van der Waals surface area contributed by atoms with Crippen LogP contribution in [-0.4, -0.2) is 31.1 Å². The number of alkyl halides is 3. The summed E-state index contributed by atoms with van der Waals surface area (Å²) < 4.78 is 39.5. The Bertz CT molecular complexity index is 451. The van der Waals surface area contributed by atoms with Gasteiger partial charge in [0.15, 0.2) is 0 Å². The van der Waals surface area contributed by atoms with Gasteiger partial charge in [0.2, 0.25) is 0 Å². The van der Waals surface area contributed by atoms with Gasteiger partial charge >= 0.3 is 6.18 Å². The summed E-state index contributed by atoms with van der Waals surface area (Å²) in [6, 6.07) is 5.59. The third kappa shape index (κ3) is 3.41. The molecule has 2 rings (SSSR count). The van der Waals surface area contributed by atoms with Gasteiger partial charge in [-0.15, -0.1) is 6.58 Å². The second kappa shape index (κ2) is 6.41. The SMILES string of the molecule is C=CC[C@H](c1ccccc1C(F)(F)F)N1CCNCC1. The normalized spacial score (nSPS) is 18.8. The minimum Gasteiger partial charge on any atom is -0.314 e. The van der Waals surface area contributed by atoms with E-state index in [1.807, 2.05) is 0 Å². The lowest BCUT2D eigenvalue weighted by molar-refractivity contribution is -0.138.